The molecule has 1 atom stereocenters. The van der Waals surface area contributed by atoms with Crippen molar-refractivity contribution in [3.63, 3.8) is 0 Å². The first kappa shape index (κ1) is 35.7. The number of hydrazine groups is 2. The van der Waals surface area contributed by atoms with E-state index in [2.05, 4.69) is 26.8 Å². The Morgan fingerprint density at radius 2 is 1.79 bits per heavy atom. The van der Waals surface area contributed by atoms with Crippen LogP contribution < -0.4 is 26.7 Å². The lowest BCUT2D eigenvalue weighted by Crippen LogP contribution is -2.45. The second-order valence-electron chi connectivity index (χ2n) is 11.7. The van der Waals surface area contributed by atoms with Crippen molar-refractivity contribution in [1.29, 1.82) is 0 Å². The Bertz CT molecular complexity index is 2070. The lowest BCUT2D eigenvalue weighted by atomic mass is 9.85. The minimum absolute atomic E-state index is 0.0125. The van der Waals surface area contributed by atoms with Crippen LogP contribution in [-0.4, -0.2) is 66.8 Å². The number of carboxylic acids is 1. The highest BCUT2D eigenvalue weighted by Gasteiger charge is 2.36. The molecule has 3 amide bonds. The molecule has 2 heterocycles. The zero-order valence-corrected chi connectivity index (χ0v) is 28.5. The second-order valence-corrected chi connectivity index (χ2v) is 12.1. The molecule has 0 saturated carbocycles. The fourth-order valence-electron chi connectivity index (χ4n) is 6.03. The fourth-order valence-corrected chi connectivity index (χ4v) is 6.20. The van der Waals surface area contributed by atoms with Crippen LogP contribution in [0.5, 0.6) is 0 Å². The number of fused-ring (bicyclic) bond motifs is 1. The van der Waals surface area contributed by atoms with Crippen LogP contribution >= 0.6 is 11.6 Å². The van der Waals surface area contributed by atoms with Gasteiger partial charge in [-0.1, -0.05) is 41.9 Å². The van der Waals surface area contributed by atoms with Crippen molar-refractivity contribution in [3.8, 4) is 11.1 Å². The first-order valence-corrected chi connectivity index (χ1v) is 16.5. The van der Waals surface area contributed by atoms with E-state index < -0.39 is 29.6 Å². The SMILES string of the molecule is COCCNC(=O)c1ccc(-c2cccc3c2CCN(C(=O)/C=C/c2c(N4C=NNN4)ccc(Cl)c2F)C3C(=O)Nc2ccc(C(=O)O)cc2)cc1. The molecule has 0 spiro atoms. The van der Waals surface area contributed by atoms with Gasteiger partial charge in [-0.3, -0.25) is 14.4 Å². The average molecular weight is 726 g/mol. The van der Waals surface area contributed by atoms with Gasteiger partial charge < -0.3 is 25.4 Å². The topological polar surface area (TPSA) is 165 Å². The maximum Gasteiger partial charge on any atom is 0.335 e. The Labute approximate surface area is 302 Å². The number of methoxy groups -OCH3 is 1. The summed E-state index contributed by atoms with van der Waals surface area (Å²) in [4.78, 5) is 53.4. The van der Waals surface area contributed by atoms with E-state index in [-0.39, 0.29) is 28.6 Å². The number of anilines is 2. The molecule has 2 aliphatic rings. The average Bonchev–Trinajstić information content (AvgIpc) is 3.70. The number of ether oxygens (including phenoxy) is 1. The van der Waals surface area contributed by atoms with E-state index in [1.807, 2.05) is 18.2 Å². The van der Waals surface area contributed by atoms with Gasteiger partial charge in [0.25, 0.3) is 11.8 Å². The molecule has 6 rings (SSSR count). The van der Waals surface area contributed by atoms with E-state index in [9.17, 15) is 24.3 Å². The number of aromatic carboxylic acids is 1. The van der Waals surface area contributed by atoms with Gasteiger partial charge in [-0.05, 0) is 83.3 Å². The van der Waals surface area contributed by atoms with E-state index in [0.717, 1.165) is 16.7 Å². The summed E-state index contributed by atoms with van der Waals surface area (Å²) in [5.74, 6) is -3.20. The Morgan fingerprint density at radius 3 is 2.48 bits per heavy atom. The minimum atomic E-state index is -1.12. The van der Waals surface area contributed by atoms with Crippen molar-refractivity contribution >= 4 is 59.1 Å². The number of carboxylic acid groups (broad SMARTS) is 1. The number of hydrazone groups is 1. The van der Waals surface area contributed by atoms with Crippen LogP contribution in [-0.2, 0) is 20.7 Å². The normalized spacial score (nSPS) is 14.9. The summed E-state index contributed by atoms with van der Waals surface area (Å²) < 4.78 is 20.3. The van der Waals surface area contributed by atoms with Gasteiger partial charge in [-0.15, -0.1) is 5.53 Å². The van der Waals surface area contributed by atoms with E-state index in [1.165, 1.54) is 58.7 Å². The summed E-state index contributed by atoms with van der Waals surface area (Å²) >= 11 is 6.09. The zero-order valence-electron chi connectivity index (χ0n) is 27.7. The molecule has 52 heavy (non-hydrogen) atoms. The van der Waals surface area contributed by atoms with Crippen molar-refractivity contribution in [2.45, 2.75) is 12.5 Å². The van der Waals surface area contributed by atoms with Crippen molar-refractivity contribution in [3.05, 3.63) is 124 Å². The van der Waals surface area contributed by atoms with Crippen LogP contribution in [0.4, 0.5) is 15.8 Å². The quantitative estimate of drug-likeness (QED) is 0.108. The first-order chi connectivity index (χ1) is 25.2. The molecule has 4 aromatic carbocycles. The van der Waals surface area contributed by atoms with Gasteiger partial charge in [0.05, 0.1) is 22.9 Å². The molecule has 0 saturated heterocycles. The molecule has 15 heteroatoms. The number of carbonyl (C=O) groups is 4. The van der Waals surface area contributed by atoms with Gasteiger partial charge in [-0.25, -0.2) is 19.7 Å². The zero-order chi connectivity index (χ0) is 36.8. The third-order valence-electron chi connectivity index (χ3n) is 8.57. The molecule has 0 radical (unpaired) electrons. The molecule has 0 bridgehead atoms. The second kappa shape index (κ2) is 15.9. The number of amides is 3. The molecule has 0 fully saturated rings. The molecule has 13 nitrogen and oxygen atoms in total. The lowest BCUT2D eigenvalue weighted by molar-refractivity contribution is -0.135. The van der Waals surface area contributed by atoms with Crippen molar-refractivity contribution < 1.29 is 33.4 Å². The van der Waals surface area contributed by atoms with Gasteiger partial charge in [0.15, 0.2) is 5.82 Å². The molecule has 5 N–H and O–H groups in total. The number of nitrogens with one attached hydrogen (secondary N) is 4. The van der Waals surface area contributed by atoms with Crippen molar-refractivity contribution in [2.75, 3.05) is 37.1 Å². The monoisotopic (exact) mass is 725 g/mol. The van der Waals surface area contributed by atoms with Crippen molar-refractivity contribution in [2.24, 2.45) is 5.10 Å². The summed E-state index contributed by atoms with van der Waals surface area (Å²) in [7, 11) is 1.55. The fraction of sp³-hybridized carbons (Fsp3) is 0.162. The van der Waals surface area contributed by atoms with E-state index in [1.54, 1.807) is 37.4 Å². The summed E-state index contributed by atoms with van der Waals surface area (Å²) in [5, 5.41) is 20.0. The maximum atomic E-state index is 15.3. The Hall–Kier alpha value is -6.09. The van der Waals surface area contributed by atoms with Gasteiger partial charge in [0.1, 0.15) is 12.4 Å². The van der Waals surface area contributed by atoms with Crippen molar-refractivity contribution in [1.82, 2.24) is 21.3 Å². The molecule has 0 aromatic heterocycles. The number of benzene rings is 4. The predicted octanol–water partition coefficient (Wildman–Crippen LogP) is 4.77. The minimum Gasteiger partial charge on any atom is -0.478 e. The highest BCUT2D eigenvalue weighted by atomic mass is 35.5. The standard InChI is InChI=1S/C37H33ClFN7O6/c1-52-20-18-40-35(48)23-7-5-22(6-8-23)26-3-2-4-28-27(26)17-19-45(34(28)36(49)42-25-11-9-24(10-12-25)37(50)51)32(47)16-13-29-31(46-21-41-43-44-46)15-14-30(38)33(29)39/h2-16,21,34,43-44H,17-20H2,1H3,(H,40,48)(H,42,49)(H,50,51)/b16-13+. The molecule has 0 aliphatic carbocycles. The lowest BCUT2D eigenvalue weighted by Gasteiger charge is -2.37. The Balaban J connectivity index is 1.34. The summed E-state index contributed by atoms with van der Waals surface area (Å²) in [6.45, 7) is 0.898. The number of carbonyl (C=O) groups excluding carboxylic acids is 3. The van der Waals surface area contributed by atoms with Gasteiger partial charge in [0, 0.05) is 43.1 Å². The number of hydrogen-bond donors (Lipinski definition) is 5. The van der Waals surface area contributed by atoms with Crippen LogP contribution in [0.15, 0.2) is 90.0 Å². The van der Waals surface area contributed by atoms with Crippen LogP contribution in [0.1, 0.15) is 43.4 Å². The van der Waals surface area contributed by atoms with Crippen LogP contribution in [0.2, 0.25) is 5.02 Å². The van der Waals surface area contributed by atoms with Crippen LogP contribution in [0.25, 0.3) is 17.2 Å². The highest BCUT2D eigenvalue weighted by Crippen LogP contribution is 2.37. The third kappa shape index (κ3) is 7.63. The third-order valence-corrected chi connectivity index (χ3v) is 8.86. The summed E-state index contributed by atoms with van der Waals surface area (Å²) in [6, 6.07) is 20.1. The number of hydrogen-bond acceptors (Lipinski definition) is 9. The van der Waals surface area contributed by atoms with Gasteiger partial charge in [0.2, 0.25) is 5.91 Å². The Morgan fingerprint density at radius 1 is 1.04 bits per heavy atom. The maximum absolute atomic E-state index is 15.3. The van der Waals surface area contributed by atoms with E-state index >= 15 is 4.39 Å². The molecule has 2 aliphatic heterocycles. The van der Waals surface area contributed by atoms with Gasteiger partial charge in [-0.2, -0.15) is 5.10 Å². The predicted molar refractivity (Wildman–Crippen MR) is 194 cm³/mol. The largest absolute Gasteiger partial charge is 0.478 e. The number of halogens is 2. The molecular weight excluding hydrogens is 693 g/mol. The van der Waals surface area contributed by atoms with Gasteiger partial charge >= 0.3 is 5.97 Å². The smallest absolute Gasteiger partial charge is 0.335 e. The summed E-state index contributed by atoms with van der Waals surface area (Å²) in [6.07, 6.45) is 4.25. The summed E-state index contributed by atoms with van der Waals surface area (Å²) in [5.41, 5.74) is 9.50. The first-order valence-electron chi connectivity index (χ1n) is 16.1. The molecule has 1 unspecified atom stereocenters. The van der Waals surface area contributed by atoms with E-state index in [4.69, 9.17) is 16.3 Å². The van der Waals surface area contributed by atoms with E-state index in [0.29, 0.717) is 42.1 Å². The number of nitrogens with zero attached hydrogens (tertiary/aromatic N) is 3. The van der Waals surface area contributed by atoms with Crippen LogP contribution in [0.3, 0.4) is 0 Å². The molecular formula is C37H33ClFN7O6. The number of rotatable bonds is 11. The molecule has 4 aromatic rings. The Kier molecular flexibility index (Phi) is 10.9. The molecule has 266 valence electrons. The highest BCUT2D eigenvalue weighted by molar-refractivity contribution is 6.31. The van der Waals surface area contributed by atoms with Crippen LogP contribution in [0, 0.1) is 5.82 Å².